The number of rotatable bonds is 4. The lowest BCUT2D eigenvalue weighted by Crippen LogP contribution is -2.32. The van der Waals surface area contributed by atoms with Crippen molar-refractivity contribution in [2.75, 3.05) is 35.3 Å². The molecule has 0 saturated carbocycles. The molecule has 3 aromatic carbocycles. The first-order valence-corrected chi connectivity index (χ1v) is 12.1. The van der Waals surface area contributed by atoms with E-state index in [9.17, 15) is 18.4 Å². The van der Waals surface area contributed by atoms with Gasteiger partial charge in [0.1, 0.15) is 17.3 Å². The third-order valence-electron chi connectivity index (χ3n) is 5.88. The van der Waals surface area contributed by atoms with Crippen LogP contribution >= 0.6 is 0 Å². The van der Waals surface area contributed by atoms with Crippen molar-refractivity contribution < 1.29 is 18.4 Å². The second kappa shape index (κ2) is 12.2. The Morgan fingerprint density at radius 3 is 2.25 bits per heavy atom. The molecule has 0 radical (unpaired) electrons. The third-order valence-corrected chi connectivity index (χ3v) is 5.88. The first-order valence-electron chi connectivity index (χ1n) is 12.1. The summed E-state index contributed by atoms with van der Waals surface area (Å²) in [4.78, 5) is 29.5. The molecule has 6 nitrogen and oxygen atoms in total. The molecule has 8 heteroatoms. The Hall–Kier alpha value is -3.94. The topological polar surface area (TPSA) is 64.7 Å². The fourth-order valence-corrected chi connectivity index (χ4v) is 4.11. The van der Waals surface area contributed by atoms with Crippen LogP contribution in [0.5, 0.6) is 0 Å². The molecule has 0 unspecified atom stereocenters. The number of fused-ring (bicyclic) bond motifs is 1. The highest BCUT2D eigenvalue weighted by Crippen LogP contribution is 2.32. The predicted octanol–water partition coefficient (Wildman–Crippen LogP) is 6.11. The maximum Gasteiger partial charge on any atom is 0.319 e. The molecule has 0 aromatic heterocycles. The molecule has 1 aliphatic heterocycles. The predicted molar refractivity (Wildman–Crippen MR) is 141 cm³/mol. The summed E-state index contributed by atoms with van der Waals surface area (Å²) in [6.07, 6.45) is 0.857. The number of halogens is 2. The average molecular weight is 495 g/mol. The first-order chi connectivity index (χ1) is 17.3. The summed E-state index contributed by atoms with van der Waals surface area (Å²) >= 11 is 0. The number of benzene rings is 3. The number of aryl methyl sites for hydroxylation is 1. The van der Waals surface area contributed by atoms with E-state index in [4.69, 9.17) is 0 Å². The maximum atomic E-state index is 13.7. The summed E-state index contributed by atoms with van der Waals surface area (Å²) in [5.74, 6) is -1.78. The van der Waals surface area contributed by atoms with Gasteiger partial charge in [-0.25, -0.2) is 13.6 Å². The Labute approximate surface area is 210 Å². The van der Waals surface area contributed by atoms with E-state index in [0.717, 1.165) is 47.6 Å². The van der Waals surface area contributed by atoms with Crippen LogP contribution in [0.2, 0.25) is 0 Å². The normalized spacial score (nSPS) is 12.6. The van der Waals surface area contributed by atoms with Crippen LogP contribution in [0.4, 0.5) is 30.6 Å². The number of carbonyl (C=O) groups excluding carboxylic acids is 2. The number of carbonyl (C=O) groups is 2. The lowest BCUT2D eigenvalue weighted by molar-refractivity contribution is 0.0986. The van der Waals surface area contributed by atoms with Crippen molar-refractivity contribution in [2.24, 2.45) is 0 Å². The molecular formula is C28H32F2N4O2. The Morgan fingerprint density at radius 1 is 0.917 bits per heavy atom. The van der Waals surface area contributed by atoms with E-state index in [-0.39, 0.29) is 12.5 Å². The summed E-state index contributed by atoms with van der Waals surface area (Å²) in [6, 6.07) is 15.8. The van der Waals surface area contributed by atoms with Crippen molar-refractivity contribution >= 4 is 29.0 Å². The lowest BCUT2D eigenvalue weighted by atomic mass is 10.0. The third kappa shape index (κ3) is 6.00. The van der Waals surface area contributed by atoms with Gasteiger partial charge in [0.2, 0.25) is 0 Å². The van der Waals surface area contributed by atoms with Gasteiger partial charge in [-0.15, -0.1) is 0 Å². The zero-order valence-electron chi connectivity index (χ0n) is 21.1. The number of para-hydroxylation sites is 3. The number of hydrogen-bond acceptors (Lipinski definition) is 3. The van der Waals surface area contributed by atoms with Crippen LogP contribution in [0.3, 0.4) is 0 Å². The smallest absolute Gasteiger partial charge is 0.319 e. The molecule has 1 heterocycles. The van der Waals surface area contributed by atoms with Gasteiger partial charge in [-0.3, -0.25) is 4.79 Å². The minimum atomic E-state index is -0.852. The van der Waals surface area contributed by atoms with Gasteiger partial charge in [-0.2, -0.15) is 0 Å². The van der Waals surface area contributed by atoms with Gasteiger partial charge in [-0.05, 0) is 54.8 Å². The van der Waals surface area contributed by atoms with E-state index in [1.165, 1.54) is 6.07 Å². The summed E-state index contributed by atoms with van der Waals surface area (Å²) in [6.45, 7) is 7.47. The van der Waals surface area contributed by atoms with Crippen molar-refractivity contribution in [3.63, 3.8) is 0 Å². The van der Waals surface area contributed by atoms with E-state index < -0.39 is 23.4 Å². The molecule has 0 aliphatic carbocycles. The van der Waals surface area contributed by atoms with E-state index >= 15 is 0 Å². The molecule has 2 N–H and O–H groups in total. The minimum Gasteiger partial charge on any atom is -0.373 e. The molecule has 0 saturated heterocycles. The van der Waals surface area contributed by atoms with Crippen molar-refractivity contribution in [3.05, 3.63) is 89.0 Å². The molecular weight excluding hydrogens is 462 g/mol. The molecule has 36 heavy (non-hydrogen) atoms. The zero-order chi connectivity index (χ0) is 26.2. The summed E-state index contributed by atoms with van der Waals surface area (Å²) in [5, 5.41) is 4.77. The fourth-order valence-electron chi connectivity index (χ4n) is 4.11. The van der Waals surface area contributed by atoms with Crippen LogP contribution in [-0.2, 0) is 6.54 Å². The molecule has 3 aromatic rings. The maximum absolute atomic E-state index is 13.7. The molecule has 0 bridgehead atoms. The largest absolute Gasteiger partial charge is 0.373 e. The van der Waals surface area contributed by atoms with E-state index in [2.05, 4.69) is 15.5 Å². The van der Waals surface area contributed by atoms with Gasteiger partial charge >= 0.3 is 6.03 Å². The number of hydrogen-bond donors (Lipinski definition) is 2. The fraction of sp³-hybridized carbons (Fsp3) is 0.286. The summed E-state index contributed by atoms with van der Waals surface area (Å²) < 4.78 is 27.4. The Kier molecular flexibility index (Phi) is 9.00. The molecule has 190 valence electrons. The van der Waals surface area contributed by atoms with Crippen LogP contribution in [-0.4, -0.2) is 32.1 Å². The molecule has 0 atom stereocenters. The Morgan fingerprint density at radius 2 is 1.58 bits per heavy atom. The van der Waals surface area contributed by atoms with Crippen molar-refractivity contribution in [3.8, 4) is 0 Å². The molecule has 1 aliphatic rings. The molecule has 3 amide bonds. The van der Waals surface area contributed by atoms with Gasteiger partial charge in [0.15, 0.2) is 0 Å². The number of nitrogens with one attached hydrogen (secondary N) is 2. The summed E-state index contributed by atoms with van der Waals surface area (Å²) in [5.41, 5.74) is 3.52. The van der Waals surface area contributed by atoms with E-state index in [0.29, 0.717) is 12.1 Å². The Balaban J connectivity index is 0.00000176. The van der Waals surface area contributed by atoms with Crippen molar-refractivity contribution in [1.82, 2.24) is 5.32 Å². The first kappa shape index (κ1) is 26.7. The molecule has 0 fully saturated rings. The highest BCUT2D eigenvalue weighted by molar-refractivity contribution is 6.08. The summed E-state index contributed by atoms with van der Waals surface area (Å²) in [7, 11) is 2.02. The van der Waals surface area contributed by atoms with Crippen LogP contribution in [0, 0.1) is 18.6 Å². The number of urea groups is 1. The van der Waals surface area contributed by atoms with Gasteiger partial charge < -0.3 is 20.4 Å². The van der Waals surface area contributed by atoms with Gasteiger partial charge in [0.05, 0.1) is 11.4 Å². The lowest BCUT2D eigenvalue weighted by Gasteiger charge is -2.25. The van der Waals surface area contributed by atoms with Crippen LogP contribution in [0.15, 0.2) is 60.7 Å². The average Bonchev–Trinajstić information content (AvgIpc) is 3.05. The SMILES string of the molecule is CC.Cc1cc(CNC(=O)Nc2c(F)cccc2F)ccc1C(=O)N1CCCN(C)c2ccccc21. The number of nitrogens with zero attached hydrogens (tertiary/aromatic N) is 2. The van der Waals surface area contributed by atoms with E-state index in [1.807, 2.05) is 63.1 Å². The van der Waals surface area contributed by atoms with Crippen LogP contribution in [0.25, 0.3) is 0 Å². The zero-order valence-corrected chi connectivity index (χ0v) is 21.1. The highest BCUT2D eigenvalue weighted by Gasteiger charge is 2.25. The second-order valence-electron chi connectivity index (χ2n) is 8.27. The van der Waals surface area contributed by atoms with Crippen LogP contribution < -0.4 is 20.4 Å². The van der Waals surface area contributed by atoms with Gasteiger partial charge in [0, 0.05) is 32.2 Å². The van der Waals surface area contributed by atoms with Crippen molar-refractivity contribution in [1.29, 1.82) is 0 Å². The van der Waals surface area contributed by atoms with E-state index in [1.54, 1.807) is 12.1 Å². The van der Waals surface area contributed by atoms with Gasteiger partial charge in [0.25, 0.3) is 5.91 Å². The molecule has 4 rings (SSSR count). The number of amides is 3. The second-order valence-corrected chi connectivity index (χ2v) is 8.27. The highest BCUT2D eigenvalue weighted by atomic mass is 19.1. The molecule has 0 spiro atoms. The quantitative estimate of drug-likeness (QED) is 0.460. The van der Waals surface area contributed by atoms with Crippen LogP contribution in [0.1, 0.15) is 41.8 Å². The van der Waals surface area contributed by atoms with Gasteiger partial charge in [-0.1, -0.05) is 44.2 Å². The minimum absolute atomic E-state index is 0.0764. The van der Waals surface area contributed by atoms with Crippen molar-refractivity contribution in [2.45, 2.75) is 33.7 Å². The number of anilines is 3. The monoisotopic (exact) mass is 494 g/mol. The standard InChI is InChI=1S/C26H26F2N4O2.C2H6/c1-17-15-18(16-29-26(34)30-24-20(27)7-5-8-21(24)28)11-12-19(17)25(33)32-14-6-13-31(2)22-9-3-4-10-23(22)32;1-2/h3-5,7-12,15H,6,13-14,16H2,1-2H3,(H2,29,30,34);1-2H3. The Bertz CT molecular complexity index is 1210.